The second-order valence-corrected chi connectivity index (χ2v) is 5.82. The van der Waals surface area contributed by atoms with Crippen LogP contribution in [0.5, 0.6) is 0 Å². The third kappa shape index (κ3) is 2.71. The third-order valence-electron chi connectivity index (χ3n) is 4.33. The normalized spacial score (nSPS) is 22.1. The van der Waals surface area contributed by atoms with Gasteiger partial charge in [-0.2, -0.15) is 0 Å². The van der Waals surface area contributed by atoms with E-state index >= 15 is 0 Å². The van der Waals surface area contributed by atoms with Gasteiger partial charge in [0.1, 0.15) is 0 Å². The van der Waals surface area contributed by atoms with E-state index in [0.29, 0.717) is 0 Å². The minimum atomic E-state index is -0.0906. The maximum absolute atomic E-state index is 11.6. The van der Waals surface area contributed by atoms with Crippen molar-refractivity contribution in [2.24, 2.45) is 0 Å². The highest BCUT2D eigenvalue weighted by Gasteiger charge is 2.28. The molecule has 4 nitrogen and oxygen atoms in total. The summed E-state index contributed by atoms with van der Waals surface area (Å²) in [6.45, 7) is 5.62. The lowest BCUT2D eigenvalue weighted by atomic mass is 9.90. The molecule has 2 atom stereocenters. The van der Waals surface area contributed by atoms with Gasteiger partial charge in [0.15, 0.2) is 0 Å². The SMILES string of the molecule is C=CC(=O)N[C@H]1CCCC[C@H]1n1cnc2cc(C)ccc21. The first-order chi connectivity index (χ1) is 10.2. The van der Waals surface area contributed by atoms with Gasteiger partial charge in [-0.15, -0.1) is 0 Å². The molecule has 1 aliphatic carbocycles. The molecule has 1 saturated carbocycles. The molecule has 0 unspecified atom stereocenters. The largest absolute Gasteiger partial charge is 0.348 e. The summed E-state index contributed by atoms with van der Waals surface area (Å²) in [7, 11) is 0. The maximum atomic E-state index is 11.6. The number of amides is 1. The number of fused-ring (bicyclic) bond motifs is 1. The van der Waals surface area contributed by atoms with Gasteiger partial charge in [0.05, 0.1) is 23.4 Å². The van der Waals surface area contributed by atoms with E-state index in [-0.39, 0.29) is 18.0 Å². The molecule has 0 spiro atoms. The summed E-state index contributed by atoms with van der Waals surface area (Å²) in [4.78, 5) is 16.2. The summed E-state index contributed by atoms with van der Waals surface area (Å²) in [5.74, 6) is -0.0906. The van der Waals surface area contributed by atoms with E-state index in [1.54, 1.807) is 0 Å². The van der Waals surface area contributed by atoms with E-state index in [4.69, 9.17) is 0 Å². The van der Waals surface area contributed by atoms with Crippen molar-refractivity contribution in [1.82, 2.24) is 14.9 Å². The van der Waals surface area contributed by atoms with Crippen LogP contribution in [0.3, 0.4) is 0 Å². The number of carbonyl (C=O) groups is 1. The van der Waals surface area contributed by atoms with Gasteiger partial charge in [0, 0.05) is 6.04 Å². The third-order valence-corrected chi connectivity index (χ3v) is 4.33. The lowest BCUT2D eigenvalue weighted by Gasteiger charge is -2.33. The van der Waals surface area contributed by atoms with E-state index in [2.05, 4.69) is 46.6 Å². The highest BCUT2D eigenvalue weighted by molar-refractivity contribution is 5.87. The van der Waals surface area contributed by atoms with Gasteiger partial charge in [-0.3, -0.25) is 4.79 Å². The monoisotopic (exact) mass is 283 g/mol. The van der Waals surface area contributed by atoms with Crippen LogP contribution in [0, 0.1) is 6.92 Å². The Kier molecular flexibility index (Phi) is 3.78. The fourth-order valence-corrected chi connectivity index (χ4v) is 3.26. The van der Waals surface area contributed by atoms with Crippen molar-refractivity contribution in [3.8, 4) is 0 Å². The van der Waals surface area contributed by atoms with Gasteiger partial charge in [-0.25, -0.2) is 4.98 Å². The van der Waals surface area contributed by atoms with Crippen LogP contribution in [0.4, 0.5) is 0 Å². The van der Waals surface area contributed by atoms with Crippen molar-refractivity contribution < 1.29 is 4.79 Å². The number of hydrogen-bond acceptors (Lipinski definition) is 2. The number of aryl methyl sites for hydroxylation is 1. The van der Waals surface area contributed by atoms with Crippen LogP contribution in [0.15, 0.2) is 37.2 Å². The molecule has 1 heterocycles. The second-order valence-electron chi connectivity index (χ2n) is 5.82. The zero-order chi connectivity index (χ0) is 14.8. The van der Waals surface area contributed by atoms with E-state index in [0.717, 1.165) is 30.3 Å². The highest BCUT2D eigenvalue weighted by atomic mass is 16.1. The smallest absolute Gasteiger partial charge is 0.243 e. The molecule has 1 aromatic carbocycles. The number of nitrogens with one attached hydrogen (secondary N) is 1. The van der Waals surface area contributed by atoms with Gasteiger partial charge in [-0.1, -0.05) is 25.5 Å². The summed E-state index contributed by atoms with van der Waals surface area (Å²) in [6, 6.07) is 6.77. The van der Waals surface area contributed by atoms with Gasteiger partial charge in [-0.05, 0) is 43.5 Å². The molecule has 3 rings (SSSR count). The molecule has 0 saturated heterocycles. The Morgan fingerprint density at radius 1 is 1.43 bits per heavy atom. The fraction of sp³-hybridized carbons (Fsp3) is 0.412. The van der Waals surface area contributed by atoms with E-state index < -0.39 is 0 Å². The Hall–Kier alpha value is -2.10. The molecule has 1 fully saturated rings. The summed E-state index contributed by atoms with van der Waals surface area (Å²) in [5, 5.41) is 3.08. The van der Waals surface area contributed by atoms with Crippen molar-refractivity contribution in [3.05, 3.63) is 42.7 Å². The first kappa shape index (κ1) is 13.9. The van der Waals surface area contributed by atoms with Crippen LogP contribution in [-0.4, -0.2) is 21.5 Å². The van der Waals surface area contributed by atoms with Gasteiger partial charge >= 0.3 is 0 Å². The number of hydrogen-bond donors (Lipinski definition) is 1. The molecule has 2 aromatic rings. The van der Waals surface area contributed by atoms with Crippen LogP contribution in [0.2, 0.25) is 0 Å². The molecular weight excluding hydrogens is 262 g/mol. The molecule has 1 aliphatic rings. The van der Waals surface area contributed by atoms with Crippen LogP contribution in [-0.2, 0) is 4.79 Å². The molecule has 0 aliphatic heterocycles. The zero-order valence-corrected chi connectivity index (χ0v) is 12.4. The van der Waals surface area contributed by atoms with Crippen molar-refractivity contribution in [3.63, 3.8) is 0 Å². The van der Waals surface area contributed by atoms with E-state index in [1.165, 1.54) is 18.1 Å². The lowest BCUT2D eigenvalue weighted by Crippen LogP contribution is -2.42. The number of rotatable bonds is 3. The molecule has 1 amide bonds. The molecule has 0 bridgehead atoms. The number of imidazole rings is 1. The van der Waals surface area contributed by atoms with E-state index in [9.17, 15) is 4.79 Å². The van der Waals surface area contributed by atoms with Crippen LogP contribution in [0.1, 0.15) is 37.3 Å². The Labute approximate surface area is 124 Å². The summed E-state index contributed by atoms with van der Waals surface area (Å²) in [6.07, 6.45) is 7.69. The predicted molar refractivity (Wildman–Crippen MR) is 84.1 cm³/mol. The maximum Gasteiger partial charge on any atom is 0.243 e. The molecule has 1 N–H and O–H groups in total. The minimum absolute atomic E-state index is 0.0906. The standard InChI is InChI=1S/C17H21N3O/c1-3-17(21)19-13-6-4-5-7-15(13)20-11-18-14-10-12(2)8-9-16(14)20/h3,8-11,13,15H,1,4-7H2,2H3,(H,19,21)/t13-,15+/m0/s1. The lowest BCUT2D eigenvalue weighted by molar-refractivity contribution is -0.117. The molecule has 110 valence electrons. The number of benzene rings is 1. The van der Waals surface area contributed by atoms with Crippen molar-refractivity contribution in [2.45, 2.75) is 44.7 Å². The molecule has 4 heteroatoms. The van der Waals surface area contributed by atoms with Crippen molar-refractivity contribution >= 4 is 16.9 Å². The zero-order valence-electron chi connectivity index (χ0n) is 12.4. The van der Waals surface area contributed by atoms with Crippen molar-refractivity contribution in [1.29, 1.82) is 0 Å². The number of carbonyl (C=O) groups excluding carboxylic acids is 1. The molecule has 1 aromatic heterocycles. The fourth-order valence-electron chi connectivity index (χ4n) is 3.26. The van der Waals surface area contributed by atoms with Crippen LogP contribution < -0.4 is 5.32 Å². The Balaban J connectivity index is 1.94. The summed E-state index contributed by atoms with van der Waals surface area (Å²) >= 11 is 0. The highest BCUT2D eigenvalue weighted by Crippen LogP contribution is 2.31. The molecular formula is C17H21N3O. The van der Waals surface area contributed by atoms with Gasteiger partial charge in [0.25, 0.3) is 0 Å². The second kappa shape index (κ2) is 5.72. The molecule has 21 heavy (non-hydrogen) atoms. The Morgan fingerprint density at radius 2 is 2.24 bits per heavy atom. The number of nitrogens with zero attached hydrogens (tertiary/aromatic N) is 2. The predicted octanol–water partition coefficient (Wildman–Crippen LogP) is 3.13. The first-order valence-corrected chi connectivity index (χ1v) is 7.55. The van der Waals surface area contributed by atoms with Gasteiger partial charge < -0.3 is 9.88 Å². The molecule has 0 radical (unpaired) electrons. The Bertz CT molecular complexity index is 674. The van der Waals surface area contributed by atoms with Crippen LogP contribution >= 0.6 is 0 Å². The summed E-state index contributed by atoms with van der Waals surface area (Å²) < 4.78 is 2.22. The van der Waals surface area contributed by atoms with E-state index in [1.807, 2.05) is 6.33 Å². The topological polar surface area (TPSA) is 46.9 Å². The van der Waals surface area contributed by atoms with Gasteiger partial charge in [0.2, 0.25) is 5.91 Å². The summed E-state index contributed by atoms with van der Waals surface area (Å²) in [5.41, 5.74) is 3.38. The van der Waals surface area contributed by atoms with Crippen LogP contribution in [0.25, 0.3) is 11.0 Å². The van der Waals surface area contributed by atoms with Crippen molar-refractivity contribution in [2.75, 3.05) is 0 Å². The quantitative estimate of drug-likeness (QED) is 0.880. The number of aromatic nitrogens is 2. The average molecular weight is 283 g/mol. The average Bonchev–Trinajstić information content (AvgIpc) is 2.90. The first-order valence-electron chi connectivity index (χ1n) is 7.55. The Morgan fingerprint density at radius 3 is 3.05 bits per heavy atom. The minimum Gasteiger partial charge on any atom is -0.348 e.